The number of phenols is 1. The standard InChI is InChI=1S/C21H14N2O5/c1-12-10-16-17(11-19(12)23(27)28)21(26)22(20(16)25)18-5-3-2-4-15(18)13-6-8-14(24)9-7-13/h2-11,24H,1H3. The van der Waals surface area contributed by atoms with E-state index in [4.69, 9.17) is 0 Å². The number of hydrogen-bond donors (Lipinski definition) is 1. The van der Waals surface area contributed by atoms with Crippen LogP contribution in [-0.2, 0) is 0 Å². The maximum Gasteiger partial charge on any atom is 0.273 e. The molecular weight excluding hydrogens is 360 g/mol. The van der Waals surface area contributed by atoms with Crippen molar-refractivity contribution in [1.82, 2.24) is 0 Å². The summed E-state index contributed by atoms with van der Waals surface area (Å²) in [4.78, 5) is 37.6. The van der Waals surface area contributed by atoms with Gasteiger partial charge in [-0.3, -0.25) is 19.7 Å². The highest BCUT2D eigenvalue weighted by molar-refractivity contribution is 6.35. The van der Waals surface area contributed by atoms with Gasteiger partial charge in [0, 0.05) is 17.2 Å². The van der Waals surface area contributed by atoms with Crippen molar-refractivity contribution in [2.24, 2.45) is 0 Å². The first-order valence-electron chi connectivity index (χ1n) is 8.44. The molecular formula is C21H14N2O5. The molecule has 7 heteroatoms. The Bertz CT molecular complexity index is 1150. The van der Waals surface area contributed by atoms with E-state index < -0.39 is 16.7 Å². The van der Waals surface area contributed by atoms with Gasteiger partial charge in [0.1, 0.15) is 5.75 Å². The van der Waals surface area contributed by atoms with Gasteiger partial charge in [0.05, 0.1) is 21.7 Å². The number of imide groups is 1. The Labute approximate surface area is 159 Å². The number of nitro groups is 1. The van der Waals surface area contributed by atoms with Crippen molar-refractivity contribution < 1.29 is 19.6 Å². The van der Waals surface area contributed by atoms with Gasteiger partial charge >= 0.3 is 0 Å². The number of carbonyl (C=O) groups excluding carboxylic acids is 2. The van der Waals surface area contributed by atoms with Crippen LogP contribution >= 0.6 is 0 Å². The molecule has 0 unspecified atom stereocenters. The number of aryl methyl sites for hydroxylation is 1. The first kappa shape index (κ1) is 17.4. The lowest BCUT2D eigenvalue weighted by Gasteiger charge is -2.18. The van der Waals surface area contributed by atoms with E-state index in [1.165, 1.54) is 25.1 Å². The smallest absolute Gasteiger partial charge is 0.273 e. The molecule has 0 radical (unpaired) electrons. The predicted molar refractivity (Wildman–Crippen MR) is 103 cm³/mol. The van der Waals surface area contributed by atoms with Crippen molar-refractivity contribution in [3.63, 3.8) is 0 Å². The number of carbonyl (C=O) groups is 2. The van der Waals surface area contributed by atoms with Crippen LogP contribution in [-0.4, -0.2) is 21.8 Å². The van der Waals surface area contributed by atoms with E-state index in [0.29, 0.717) is 22.4 Å². The highest BCUT2D eigenvalue weighted by Gasteiger charge is 2.39. The van der Waals surface area contributed by atoms with Gasteiger partial charge in [-0.15, -0.1) is 0 Å². The zero-order valence-corrected chi connectivity index (χ0v) is 14.7. The number of anilines is 1. The third kappa shape index (κ3) is 2.61. The van der Waals surface area contributed by atoms with Gasteiger partial charge in [-0.1, -0.05) is 30.3 Å². The van der Waals surface area contributed by atoms with Crippen molar-refractivity contribution in [1.29, 1.82) is 0 Å². The SMILES string of the molecule is Cc1cc2c(cc1[N+](=O)[O-])C(=O)N(c1ccccc1-c1ccc(O)cc1)C2=O. The second-order valence-electron chi connectivity index (χ2n) is 6.45. The molecule has 1 aliphatic rings. The monoisotopic (exact) mass is 374 g/mol. The summed E-state index contributed by atoms with van der Waals surface area (Å²) >= 11 is 0. The van der Waals surface area contributed by atoms with Crippen LogP contribution in [0.15, 0.2) is 60.7 Å². The minimum Gasteiger partial charge on any atom is -0.508 e. The highest BCUT2D eigenvalue weighted by Crippen LogP contribution is 2.38. The number of nitro benzene ring substituents is 1. The zero-order valence-electron chi connectivity index (χ0n) is 14.7. The van der Waals surface area contributed by atoms with E-state index in [0.717, 1.165) is 11.0 Å². The number of rotatable bonds is 3. The van der Waals surface area contributed by atoms with Crippen molar-refractivity contribution in [2.75, 3.05) is 4.90 Å². The molecule has 0 aromatic heterocycles. The average molecular weight is 374 g/mol. The third-order valence-electron chi connectivity index (χ3n) is 4.72. The molecule has 0 saturated carbocycles. The molecule has 3 aromatic rings. The summed E-state index contributed by atoms with van der Waals surface area (Å²) in [6.07, 6.45) is 0. The van der Waals surface area contributed by atoms with E-state index in [2.05, 4.69) is 0 Å². The second kappa shape index (κ2) is 6.31. The summed E-state index contributed by atoms with van der Waals surface area (Å²) < 4.78 is 0. The van der Waals surface area contributed by atoms with Crippen molar-refractivity contribution in [3.05, 3.63) is 87.5 Å². The minimum absolute atomic E-state index is 0.0165. The molecule has 2 amide bonds. The molecule has 28 heavy (non-hydrogen) atoms. The van der Waals surface area contributed by atoms with Crippen LogP contribution in [0.25, 0.3) is 11.1 Å². The van der Waals surface area contributed by atoms with Gasteiger partial charge in [-0.2, -0.15) is 0 Å². The topological polar surface area (TPSA) is 101 Å². The minimum atomic E-state index is -0.602. The second-order valence-corrected chi connectivity index (χ2v) is 6.45. The molecule has 0 aliphatic carbocycles. The number of fused-ring (bicyclic) bond motifs is 1. The molecule has 0 fully saturated rings. The van der Waals surface area contributed by atoms with Crippen LogP contribution in [0.1, 0.15) is 26.3 Å². The molecule has 138 valence electrons. The predicted octanol–water partition coefficient (Wildman–Crippen LogP) is 4.08. The third-order valence-corrected chi connectivity index (χ3v) is 4.72. The Morgan fingerprint density at radius 3 is 2.14 bits per heavy atom. The molecule has 3 aromatic carbocycles. The summed E-state index contributed by atoms with van der Waals surface area (Å²) in [5.41, 5.74) is 2.00. The van der Waals surface area contributed by atoms with Gasteiger partial charge in [0.15, 0.2) is 0 Å². The van der Waals surface area contributed by atoms with Crippen LogP contribution in [0.3, 0.4) is 0 Å². The van der Waals surface area contributed by atoms with E-state index in [-0.39, 0.29) is 22.6 Å². The van der Waals surface area contributed by atoms with E-state index in [9.17, 15) is 24.8 Å². The number of amides is 2. The number of aromatic hydroxyl groups is 1. The molecule has 4 rings (SSSR count). The Balaban J connectivity index is 1.85. The number of hydrogen-bond acceptors (Lipinski definition) is 5. The Hall–Kier alpha value is -4.00. The van der Waals surface area contributed by atoms with Crippen LogP contribution in [0.4, 0.5) is 11.4 Å². The molecule has 1 aliphatic heterocycles. The Morgan fingerprint density at radius 1 is 0.893 bits per heavy atom. The van der Waals surface area contributed by atoms with Gasteiger partial charge in [0.2, 0.25) is 0 Å². The fourth-order valence-electron chi connectivity index (χ4n) is 3.35. The van der Waals surface area contributed by atoms with Crippen LogP contribution in [0.2, 0.25) is 0 Å². The first-order chi connectivity index (χ1) is 13.4. The Kier molecular flexibility index (Phi) is 3.93. The summed E-state index contributed by atoms with van der Waals surface area (Å²) in [6, 6.07) is 15.8. The van der Waals surface area contributed by atoms with Crippen molar-refractivity contribution in [2.45, 2.75) is 6.92 Å². The van der Waals surface area contributed by atoms with Gasteiger partial charge in [-0.05, 0) is 36.8 Å². The van der Waals surface area contributed by atoms with Gasteiger partial charge in [0.25, 0.3) is 17.5 Å². The number of phenolic OH excluding ortho intramolecular Hbond substituents is 1. The van der Waals surface area contributed by atoms with Gasteiger partial charge < -0.3 is 5.11 Å². The van der Waals surface area contributed by atoms with E-state index >= 15 is 0 Å². The summed E-state index contributed by atoms with van der Waals surface area (Å²) in [5.74, 6) is -1.02. The zero-order chi connectivity index (χ0) is 20.0. The molecule has 0 bridgehead atoms. The normalized spacial score (nSPS) is 13.0. The molecule has 1 N–H and O–H groups in total. The van der Waals surface area contributed by atoms with Crippen LogP contribution < -0.4 is 4.90 Å². The lowest BCUT2D eigenvalue weighted by molar-refractivity contribution is -0.385. The number of benzene rings is 3. The first-order valence-corrected chi connectivity index (χ1v) is 8.44. The summed E-state index contributed by atoms with van der Waals surface area (Å²) in [6.45, 7) is 1.53. The van der Waals surface area contributed by atoms with E-state index in [1.807, 2.05) is 0 Å². The van der Waals surface area contributed by atoms with Crippen LogP contribution in [0.5, 0.6) is 5.75 Å². The maximum atomic E-state index is 13.0. The molecule has 1 heterocycles. The fraction of sp³-hybridized carbons (Fsp3) is 0.0476. The fourth-order valence-corrected chi connectivity index (χ4v) is 3.35. The number of nitrogens with zero attached hydrogens (tertiary/aromatic N) is 2. The van der Waals surface area contributed by atoms with E-state index in [1.54, 1.807) is 36.4 Å². The lowest BCUT2D eigenvalue weighted by atomic mass is 10.0. The van der Waals surface area contributed by atoms with Crippen LogP contribution in [0, 0.1) is 17.0 Å². The molecule has 0 atom stereocenters. The van der Waals surface area contributed by atoms with Crippen molar-refractivity contribution >= 4 is 23.2 Å². The molecule has 7 nitrogen and oxygen atoms in total. The number of para-hydroxylation sites is 1. The van der Waals surface area contributed by atoms with Crippen molar-refractivity contribution in [3.8, 4) is 16.9 Å². The largest absolute Gasteiger partial charge is 0.508 e. The maximum absolute atomic E-state index is 13.0. The summed E-state index contributed by atoms with van der Waals surface area (Å²) in [5, 5.41) is 20.7. The molecule has 0 spiro atoms. The lowest BCUT2D eigenvalue weighted by Crippen LogP contribution is -2.29. The average Bonchev–Trinajstić information content (AvgIpc) is 2.91. The molecule has 0 saturated heterocycles. The highest BCUT2D eigenvalue weighted by atomic mass is 16.6. The quantitative estimate of drug-likeness (QED) is 0.423. The summed E-state index contributed by atoms with van der Waals surface area (Å²) in [7, 11) is 0. The Morgan fingerprint density at radius 2 is 1.50 bits per heavy atom. The van der Waals surface area contributed by atoms with Gasteiger partial charge in [-0.25, -0.2) is 4.90 Å².